The highest BCUT2D eigenvalue weighted by molar-refractivity contribution is 8.00. The third kappa shape index (κ3) is 3.39. The lowest BCUT2D eigenvalue weighted by atomic mass is 10.4. The van der Waals surface area contributed by atoms with E-state index in [1.54, 1.807) is 16.6 Å². The van der Waals surface area contributed by atoms with E-state index in [1.165, 1.54) is 0 Å². The molecule has 0 aromatic carbocycles. The van der Waals surface area contributed by atoms with Crippen molar-refractivity contribution in [3.63, 3.8) is 0 Å². The molecule has 1 aliphatic heterocycles. The number of nitrogens with one attached hydrogen (secondary N) is 1. The Morgan fingerprint density at radius 3 is 2.90 bits per heavy atom. The Kier molecular flexibility index (Phi) is 5.17. The highest BCUT2D eigenvalue weighted by atomic mass is 32.2. The molecule has 1 N–H and O–H groups in total. The molecule has 2 heterocycles. The van der Waals surface area contributed by atoms with Gasteiger partial charge in [0.15, 0.2) is 0 Å². The van der Waals surface area contributed by atoms with E-state index in [2.05, 4.69) is 12.2 Å². The molecule has 0 radical (unpaired) electrons. The Morgan fingerprint density at radius 1 is 1.50 bits per heavy atom. The number of nitrogens with zero attached hydrogens (tertiary/aromatic N) is 2. The Morgan fingerprint density at radius 2 is 2.25 bits per heavy atom. The summed E-state index contributed by atoms with van der Waals surface area (Å²) in [5, 5.41) is 3.59. The van der Waals surface area contributed by atoms with Crippen molar-refractivity contribution >= 4 is 21.8 Å². The maximum atomic E-state index is 12.7. The molecule has 1 aromatic rings. The zero-order valence-electron chi connectivity index (χ0n) is 12.3. The zero-order valence-corrected chi connectivity index (χ0v) is 13.9. The molecule has 1 saturated heterocycles. The normalized spacial score (nSPS) is 21.2. The van der Waals surface area contributed by atoms with Gasteiger partial charge in [0.05, 0.1) is 0 Å². The van der Waals surface area contributed by atoms with Gasteiger partial charge < -0.3 is 9.88 Å². The van der Waals surface area contributed by atoms with E-state index >= 15 is 0 Å². The van der Waals surface area contributed by atoms with Crippen LogP contribution in [0.15, 0.2) is 17.2 Å². The Labute approximate surface area is 125 Å². The lowest BCUT2D eigenvalue weighted by Gasteiger charge is -2.29. The molecule has 0 aliphatic carbocycles. The highest BCUT2D eigenvalue weighted by Crippen LogP contribution is 2.25. The number of aryl methyl sites for hydroxylation is 1. The molecular formula is C13H23N3O2S2. The van der Waals surface area contributed by atoms with E-state index in [-0.39, 0.29) is 0 Å². The van der Waals surface area contributed by atoms with Crippen molar-refractivity contribution in [2.24, 2.45) is 7.05 Å². The predicted octanol–water partition coefficient (Wildman–Crippen LogP) is 1.26. The van der Waals surface area contributed by atoms with Crippen molar-refractivity contribution in [2.45, 2.75) is 30.5 Å². The van der Waals surface area contributed by atoms with Crippen molar-refractivity contribution in [3.8, 4) is 0 Å². The molecule has 0 saturated carbocycles. The van der Waals surface area contributed by atoms with E-state index in [9.17, 15) is 8.42 Å². The van der Waals surface area contributed by atoms with Gasteiger partial charge in [0.25, 0.3) is 0 Å². The van der Waals surface area contributed by atoms with Gasteiger partial charge in [0.2, 0.25) is 10.0 Å². The molecule has 0 bridgehead atoms. The molecule has 20 heavy (non-hydrogen) atoms. The minimum Gasteiger partial charge on any atom is -0.352 e. The summed E-state index contributed by atoms with van der Waals surface area (Å²) in [5.74, 6) is 0.872. The standard InChI is InChI=1S/C13H23N3O2S2/c1-4-14-8-12-7-13(10-15(12)3)20(17,18)16-5-6-19-11(2)9-16/h7,10-11,14H,4-6,8-9H2,1-3H3. The van der Waals surface area contributed by atoms with Crippen LogP contribution in [0.1, 0.15) is 19.5 Å². The minimum absolute atomic E-state index is 0.364. The van der Waals surface area contributed by atoms with E-state index in [1.807, 2.05) is 30.3 Å². The summed E-state index contributed by atoms with van der Waals surface area (Å²) >= 11 is 1.83. The number of sulfonamides is 1. The summed E-state index contributed by atoms with van der Waals surface area (Å²) in [4.78, 5) is 0.409. The summed E-state index contributed by atoms with van der Waals surface area (Å²) < 4.78 is 28.8. The smallest absolute Gasteiger partial charge is 0.244 e. The first-order chi connectivity index (χ1) is 9.45. The second-order valence-electron chi connectivity index (χ2n) is 5.10. The number of aromatic nitrogens is 1. The molecule has 1 aliphatic rings. The quantitative estimate of drug-likeness (QED) is 0.888. The maximum Gasteiger partial charge on any atom is 0.244 e. The van der Waals surface area contributed by atoms with Crippen molar-refractivity contribution in [1.82, 2.24) is 14.2 Å². The average molecular weight is 317 g/mol. The lowest BCUT2D eigenvalue weighted by Crippen LogP contribution is -2.40. The van der Waals surface area contributed by atoms with Crippen molar-refractivity contribution in [2.75, 3.05) is 25.4 Å². The molecule has 1 atom stereocenters. The summed E-state index contributed by atoms with van der Waals surface area (Å²) in [6.45, 7) is 6.88. The van der Waals surface area contributed by atoms with Crippen molar-refractivity contribution < 1.29 is 8.42 Å². The molecular weight excluding hydrogens is 294 g/mol. The van der Waals surface area contributed by atoms with Crippen molar-refractivity contribution in [1.29, 1.82) is 0 Å². The molecule has 0 amide bonds. The first kappa shape index (κ1) is 15.9. The van der Waals surface area contributed by atoms with E-state index in [0.29, 0.717) is 29.8 Å². The second-order valence-corrected chi connectivity index (χ2v) is 8.59. The van der Waals surface area contributed by atoms with E-state index in [0.717, 1.165) is 18.0 Å². The second kappa shape index (κ2) is 6.51. The summed E-state index contributed by atoms with van der Waals surface area (Å²) in [6.07, 6.45) is 1.72. The fourth-order valence-electron chi connectivity index (χ4n) is 2.30. The lowest BCUT2D eigenvalue weighted by molar-refractivity contribution is 0.424. The van der Waals surface area contributed by atoms with Crippen LogP contribution in [0.5, 0.6) is 0 Å². The van der Waals surface area contributed by atoms with Gasteiger partial charge in [0, 0.05) is 49.6 Å². The average Bonchev–Trinajstić information content (AvgIpc) is 2.78. The van der Waals surface area contributed by atoms with Crippen LogP contribution in [-0.2, 0) is 23.6 Å². The Hall–Kier alpha value is -0.500. The first-order valence-electron chi connectivity index (χ1n) is 6.93. The van der Waals surface area contributed by atoms with Crippen LogP contribution in [0.25, 0.3) is 0 Å². The molecule has 114 valence electrons. The van der Waals surface area contributed by atoms with Gasteiger partial charge in [0.1, 0.15) is 4.90 Å². The summed E-state index contributed by atoms with van der Waals surface area (Å²) in [7, 11) is -1.46. The van der Waals surface area contributed by atoms with E-state index in [4.69, 9.17) is 0 Å². The number of thioether (sulfide) groups is 1. The van der Waals surface area contributed by atoms with Crippen LogP contribution < -0.4 is 5.32 Å². The van der Waals surface area contributed by atoms with Crippen LogP contribution in [0, 0.1) is 0 Å². The fraction of sp³-hybridized carbons (Fsp3) is 0.692. The molecule has 1 fully saturated rings. The molecule has 7 heteroatoms. The van der Waals surface area contributed by atoms with Gasteiger partial charge >= 0.3 is 0 Å². The van der Waals surface area contributed by atoms with E-state index < -0.39 is 10.0 Å². The molecule has 1 aromatic heterocycles. The molecule has 0 spiro atoms. The van der Waals surface area contributed by atoms with Crippen LogP contribution in [0.4, 0.5) is 0 Å². The van der Waals surface area contributed by atoms with Crippen LogP contribution >= 0.6 is 11.8 Å². The topological polar surface area (TPSA) is 54.3 Å². The fourth-order valence-corrected chi connectivity index (χ4v) is 5.15. The largest absolute Gasteiger partial charge is 0.352 e. The summed E-state index contributed by atoms with van der Waals surface area (Å²) in [6, 6.07) is 1.78. The SMILES string of the molecule is CCNCc1cc(S(=O)(=O)N2CCSC(C)C2)cn1C. The Bertz CT molecular complexity index is 554. The maximum absolute atomic E-state index is 12.7. The number of hydrogen-bond acceptors (Lipinski definition) is 4. The molecule has 1 unspecified atom stereocenters. The first-order valence-corrected chi connectivity index (χ1v) is 9.41. The van der Waals surface area contributed by atoms with Gasteiger partial charge in [-0.2, -0.15) is 16.1 Å². The van der Waals surface area contributed by atoms with Crippen LogP contribution in [0.2, 0.25) is 0 Å². The monoisotopic (exact) mass is 317 g/mol. The number of rotatable bonds is 5. The highest BCUT2D eigenvalue weighted by Gasteiger charge is 2.30. The molecule has 2 rings (SSSR count). The zero-order chi connectivity index (χ0) is 14.8. The van der Waals surface area contributed by atoms with Crippen LogP contribution in [0.3, 0.4) is 0 Å². The summed E-state index contributed by atoms with van der Waals surface area (Å²) in [5.41, 5.74) is 0.991. The van der Waals surface area contributed by atoms with Gasteiger partial charge in [-0.3, -0.25) is 0 Å². The number of hydrogen-bond donors (Lipinski definition) is 1. The predicted molar refractivity (Wildman–Crippen MR) is 83.5 cm³/mol. The Balaban J connectivity index is 2.21. The third-order valence-corrected chi connectivity index (χ3v) is 6.45. The van der Waals surface area contributed by atoms with Gasteiger partial charge in [-0.25, -0.2) is 8.42 Å². The van der Waals surface area contributed by atoms with Gasteiger partial charge in [-0.05, 0) is 12.6 Å². The van der Waals surface area contributed by atoms with Gasteiger partial charge in [-0.1, -0.05) is 13.8 Å². The molecule has 5 nitrogen and oxygen atoms in total. The third-order valence-electron chi connectivity index (χ3n) is 3.48. The van der Waals surface area contributed by atoms with Crippen molar-refractivity contribution in [3.05, 3.63) is 18.0 Å². The minimum atomic E-state index is -3.35. The van der Waals surface area contributed by atoms with Gasteiger partial charge in [-0.15, -0.1) is 0 Å². The van der Waals surface area contributed by atoms with Crippen LogP contribution in [-0.4, -0.2) is 47.9 Å².